The molecule has 0 spiro atoms. The minimum Gasteiger partial charge on any atom is -0.389 e. The fourth-order valence-electron chi connectivity index (χ4n) is 5.60. The molecule has 1 saturated heterocycles. The lowest BCUT2D eigenvalue weighted by Gasteiger charge is -2.46. The van der Waals surface area contributed by atoms with E-state index >= 15 is 0 Å². The van der Waals surface area contributed by atoms with E-state index in [0.29, 0.717) is 24.6 Å². The number of hydrogen-bond donors (Lipinski definition) is 2. The van der Waals surface area contributed by atoms with E-state index in [2.05, 4.69) is 46.9 Å². The third-order valence-corrected chi connectivity index (χ3v) is 8.86. The van der Waals surface area contributed by atoms with Gasteiger partial charge in [-0.05, 0) is 67.8 Å². The lowest BCUT2D eigenvalue weighted by atomic mass is 9.67. The fraction of sp³-hybridized carbons (Fsp3) is 0.538. The Kier molecular flexibility index (Phi) is 6.66. The van der Waals surface area contributed by atoms with Crippen molar-refractivity contribution < 1.29 is 13.5 Å². The minimum atomic E-state index is -3.30. The van der Waals surface area contributed by atoms with Crippen molar-refractivity contribution in [3.05, 3.63) is 65.7 Å². The second-order valence-electron chi connectivity index (χ2n) is 9.84. The quantitative estimate of drug-likeness (QED) is 0.583. The van der Waals surface area contributed by atoms with Crippen LogP contribution in [0.4, 0.5) is 5.69 Å². The van der Waals surface area contributed by atoms with Crippen LogP contribution in [0.25, 0.3) is 0 Å². The maximum absolute atomic E-state index is 12.2. The lowest BCUT2D eigenvalue weighted by molar-refractivity contribution is -0.0694. The first-order chi connectivity index (χ1) is 15.3. The van der Waals surface area contributed by atoms with Gasteiger partial charge in [0.1, 0.15) is 0 Å². The van der Waals surface area contributed by atoms with Crippen LogP contribution in [0.3, 0.4) is 0 Å². The van der Waals surface area contributed by atoms with E-state index in [1.807, 2.05) is 31.2 Å². The molecule has 2 aliphatic rings. The molecule has 174 valence electrons. The van der Waals surface area contributed by atoms with Gasteiger partial charge in [-0.2, -0.15) is 0 Å². The normalized spacial score (nSPS) is 28.4. The number of benzene rings is 2. The number of anilines is 1. The number of likely N-dealkylation sites (tertiary alicyclic amines) is 1. The summed E-state index contributed by atoms with van der Waals surface area (Å²) in [4.78, 5) is 2.40. The van der Waals surface area contributed by atoms with Crippen molar-refractivity contribution in [1.29, 1.82) is 0 Å². The molecule has 0 bridgehead atoms. The molecule has 1 heterocycles. The van der Waals surface area contributed by atoms with E-state index in [1.165, 1.54) is 11.1 Å². The van der Waals surface area contributed by atoms with Crippen molar-refractivity contribution >= 4 is 15.7 Å². The van der Waals surface area contributed by atoms with E-state index < -0.39 is 15.6 Å². The molecule has 6 heteroatoms. The molecule has 0 aromatic heterocycles. The number of aliphatic hydroxyl groups is 1. The highest BCUT2D eigenvalue weighted by atomic mass is 32.2. The summed E-state index contributed by atoms with van der Waals surface area (Å²) in [6, 6.07) is 18.4. The zero-order valence-corrected chi connectivity index (χ0v) is 20.1. The van der Waals surface area contributed by atoms with Gasteiger partial charge in [0.25, 0.3) is 0 Å². The summed E-state index contributed by atoms with van der Waals surface area (Å²) in [5.41, 5.74) is 2.53. The van der Waals surface area contributed by atoms with Gasteiger partial charge in [0.05, 0.1) is 11.4 Å². The maximum Gasteiger partial charge on any atom is 0.232 e. The number of sulfonamides is 1. The number of rotatable bonds is 9. The standard InChI is InChI=1S/C26H36N2O3S/c1-3-15-32(30,31)27-24-12-8-11-23(16-24)25(4-2)13-14-28(19-25)20-26(29)17-22(18-26)21-9-6-5-7-10-21/h5-12,16,22,27,29H,3-4,13-15,17-20H2,1-2H3/t22?,25-,26?/m0/s1. The summed E-state index contributed by atoms with van der Waals surface area (Å²) in [6.45, 7) is 6.64. The van der Waals surface area contributed by atoms with Gasteiger partial charge in [-0.25, -0.2) is 8.42 Å². The molecular weight excluding hydrogens is 420 g/mol. The maximum atomic E-state index is 12.2. The number of nitrogens with zero attached hydrogens (tertiary/aromatic N) is 1. The Hall–Kier alpha value is -1.89. The predicted octanol–water partition coefficient (Wildman–Crippen LogP) is 4.50. The molecule has 2 N–H and O–H groups in total. The highest BCUT2D eigenvalue weighted by Crippen LogP contribution is 2.46. The molecule has 2 aromatic rings. The van der Waals surface area contributed by atoms with Crippen molar-refractivity contribution in [2.75, 3.05) is 30.1 Å². The molecule has 0 unspecified atom stereocenters. The van der Waals surface area contributed by atoms with E-state index in [0.717, 1.165) is 38.8 Å². The summed E-state index contributed by atoms with van der Waals surface area (Å²) in [5, 5.41) is 11.1. The molecule has 2 aromatic carbocycles. The molecule has 4 rings (SSSR count). The van der Waals surface area contributed by atoms with Crippen LogP contribution >= 0.6 is 0 Å². The van der Waals surface area contributed by atoms with Crippen molar-refractivity contribution in [3.63, 3.8) is 0 Å². The molecule has 0 amide bonds. The fourth-order valence-corrected chi connectivity index (χ4v) is 6.72. The molecule has 5 nitrogen and oxygen atoms in total. The van der Waals surface area contributed by atoms with Gasteiger partial charge < -0.3 is 5.11 Å². The predicted molar refractivity (Wildman–Crippen MR) is 131 cm³/mol. The number of hydrogen-bond acceptors (Lipinski definition) is 4. The largest absolute Gasteiger partial charge is 0.389 e. The molecule has 1 aliphatic carbocycles. The van der Waals surface area contributed by atoms with Crippen molar-refractivity contribution in [2.45, 2.75) is 62.9 Å². The third-order valence-electron chi connectivity index (χ3n) is 7.37. The Labute approximate surface area is 192 Å². The molecular formula is C26H36N2O3S. The van der Waals surface area contributed by atoms with E-state index in [1.54, 1.807) is 0 Å². The van der Waals surface area contributed by atoms with Crippen LogP contribution in [0.5, 0.6) is 0 Å². The Morgan fingerprint density at radius 1 is 1.09 bits per heavy atom. The first-order valence-electron chi connectivity index (χ1n) is 11.9. The Balaban J connectivity index is 1.41. The topological polar surface area (TPSA) is 69.6 Å². The van der Waals surface area contributed by atoms with Gasteiger partial charge in [-0.15, -0.1) is 0 Å². The number of β-amino-alcohol motifs (C(OH)–C–C–N with tert-alkyl or cyclic N) is 1. The van der Waals surface area contributed by atoms with Gasteiger partial charge in [-0.3, -0.25) is 9.62 Å². The molecule has 0 radical (unpaired) electrons. The van der Waals surface area contributed by atoms with Crippen LogP contribution in [0.2, 0.25) is 0 Å². The van der Waals surface area contributed by atoms with E-state index in [9.17, 15) is 13.5 Å². The van der Waals surface area contributed by atoms with Gasteiger partial charge in [0.2, 0.25) is 10.0 Å². The highest BCUT2D eigenvalue weighted by molar-refractivity contribution is 7.92. The number of nitrogens with one attached hydrogen (secondary N) is 1. The lowest BCUT2D eigenvalue weighted by Crippen LogP contribution is -2.51. The van der Waals surface area contributed by atoms with E-state index in [4.69, 9.17) is 0 Å². The molecule has 1 aliphatic heterocycles. The molecule has 1 atom stereocenters. The summed E-state index contributed by atoms with van der Waals surface area (Å²) < 4.78 is 27.2. The Morgan fingerprint density at radius 3 is 2.53 bits per heavy atom. The summed E-state index contributed by atoms with van der Waals surface area (Å²) in [7, 11) is -3.30. The van der Waals surface area contributed by atoms with Gasteiger partial charge in [0.15, 0.2) is 0 Å². The monoisotopic (exact) mass is 456 g/mol. The molecule has 32 heavy (non-hydrogen) atoms. The van der Waals surface area contributed by atoms with Crippen LogP contribution in [-0.2, 0) is 15.4 Å². The Morgan fingerprint density at radius 2 is 1.84 bits per heavy atom. The zero-order chi connectivity index (χ0) is 22.8. The smallest absolute Gasteiger partial charge is 0.232 e. The van der Waals surface area contributed by atoms with Crippen LogP contribution in [0.15, 0.2) is 54.6 Å². The van der Waals surface area contributed by atoms with Gasteiger partial charge >= 0.3 is 0 Å². The second kappa shape index (κ2) is 9.16. The summed E-state index contributed by atoms with van der Waals surface area (Å²) in [5.74, 6) is 0.583. The van der Waals surface area contributed by atoms with Crippen molar-refractivity contribution in [2.24, 2.45) is 0 Å². The first-order valence-corrected chi connectivity index (χ1v) is 13.5. The first kappa shape index (κ1) is 23.3. The SMILES string of the molecule is CCCS(=O)(=O)Nc1cccc([C@@]2(CC)CCN(CC3(O)CC(c4ccccc4)C3)C2)c1. The average Bonchev–Trinajstić information content (AvgIpc) is 3.16. The summed E-state index contributed by atoms with van der Waals surface area (Å²) in [6.07, 6.45) is 4.24. The zero-order valence-electron chi connectivity index (χ0n) is 19.3. The summed E-state index contributed by atoms with van der Waals surface area (Å²) >= 11 is 0. The van der Waals surface area contributed by atoms with E-state index in [-0.39, 0.29) is 11.2 Å². The minimum absolute atomic E-state index is 0.00878. The van der Waals surface area contributed by atoms with Crippen LogP contribution in [-0.4, -0.2) is 49.4 Å². The van der Waals surface area contributed by atoms with Gasteiger partial charge in [0, 0.05) is 24.2 Å². The average molecular weight is 457 g/mol. The third kappa shape index (κ3) is 5.03. The van der Waals surface area contributed by atoms with Crippen LogP contribution < -0.4 is 4.72 Å². The van der Waals surface area contributed by atoms with Gasteiger partial charge in [-0.1, -0.05) is 56.3 Å². The van der Waals surface area contributed by atoms with Crippen LogP contribution in [0.1, 0.15) is 63.0 Å². The second-order valence-corrected chi connectivity index (χ2v) is 11.7. The van der Waals surface area contributed by atoms with Crippen molar-refractivity contribution in [1.82, 2.24) is 4.90 Å². The Bertz CT molecular complexity index is 1020. The van der Waals surface area contributed by atoms with Crippen LogP contribution in [0, 0.1) is 0 Å². The molecule has 2 fully saturated rings. The highest BCUT2D eigenvalue weighted by Gasteiger charge is 2.47. The molecule has 1 saturated carbocycles. The van der Waals surface area contributed by atoms with Crippen molar-refractivity contribution in [3.8, 4) is 0 Å².